The molecular formula is C25H26IN5. The van der Waals surface area contributed by atoms with Crippen molar-refractivity contribution in [2.75, 3.05) is 9.74 Å². The van der Waals surface area contributed by atoms with Gasteiger partial charge in [0.1, 0.15) is 11.8 Å². The number of likely N-dealkylation sites (tertiary alicyclic amines) is 1. The Hall–Kier alpha value is -2.45. The molecule has 1 aliphatic heterocycles. The van der Waals surface area contributed by atoms with Crippen molar-refractivity contribution in [2.24, 2.45) is 0 Å². The number of benzene rings is 2. The van der Waals surface area contributed by atoms with E-state index in [1.807, 2.05) is 6.07 Å². The second kappa shape index (κ2) is 9.36. The average Bonchev–Trinajstić information content (AvgIpc) is 3.43. The number of rotatable bonds is 7. The van der Waals surface area contributed by atoms with Crippen LogP contribution in [0, 0.1) is 0 Å². The van der Waals surface area contributed by atoms with Gasteiger partial charge in [0.25, 0.3) is 0 Å². The second-order valence-electron chi connectivity index (χ2n) is 8.09. The molecule has 5 rings (SSSR count). The number of nitrogens with zero attached hydrogens (tertiary/aromatic N) is 3. The minimum absolute atomic E-state index is 0.366. The maximum absolute atomic E-state index is 4.68. The highest BCUT2D eigenvalue weighted by Crippen LogP contribution is 2.40. The molecule has 158 valence electrons. The monoisotopic (exact) mass is 523 g/mol. The Balaban J connectivity index is 1.42. The van der Waals surface area contributed by atoms with E-state index in [2.05, 4.69) is 109 Å². The molecule has 2 N–H and O–H groups in total. The molecule has 4 aromatic rings. The lowest BCUT2D eigenvalue weighted by atomic mass is 10.1. The molecule has 2 atom stereocenters. The zero-order valence-electron chi connectivity index (χ0n) is 17.3. The Labute approximate surface area is 196 Å². The van der Waals surface area contributed by atoms with Crippen LogP contribution in [0.3, 0.4) is 0 Å². The number of hydrogen-bond acceptors (Lipinski definition) is 4. The molecule has 31 heavy (non-hydrogen) atoms. The molecule has 0 amide bonds. The van der Waals surface area contributed by atoms with Crippen molar-refractivity contribution in [3.05, 3.63) is 89.9 Å². The van der Waals surface area contributed by atoms with Crippen LogP contribution in [0.4, 0.5) is 5.82 Å². The largest absolute Gasteiger partial charge is 0.364 e. The molecule has 2 aromatic carbocycles. The summed E-state index contributed by atoms with van der Waals surface area (Å²) in [5.74, 6) is 0.859. The predicted octanol–water partition coefficient (Wildman–Crippen LogP) is 5.71. The van der Waals surface area contributed by atoms with E-state index in [4.69, 9.17) is 0 Å². The lowest BCUT2D eigenvalue weighted by Gasteiger charge is -2.29. The van der Waals surface area contributed by atoms with Crippen molar-refractivity contribution in [3.63, 3.8) is 0 Å². The molecule has 6 heteroatoms. The Morgan fingerprint density at radius 3 is 2.45 bits per heavy atom. The number of halogens is 1. The molecule has 0 bridgehead atoms. The van der Waals surface area contributed by atoms with E-state index < -0.39 is 0 Å². The lowest BCUT2D eigenvalue weighted by molar-refractivity contribution is 0.200. The first-order chi connectivity index (χ1) is 15.3. The highest BCUT2D eigenvalue weighted by atomic mass is 127. The molecule has 1 aliphatic rings. The molecule has 3 heterocycles. The predicted molar refractivity (Wildman–Crippen MR) is 134 cm³/mol. The van der Waals surface area contributed by atoms with Crippen LogP contribution >= 0.6 is 22.6 Å². The van der Waals surface area contributed by atoms with Gasteiger partial charge in [-0.05, 0) is 24.0 Å². The highest BCUT2D eigenvalue weighted by molar-refractivity contribution is 14.1. The van der Waals surface area contributed by atoms with Crippen LogP contribution in [0.25, 0.3) is 11.0 Å². The topological polar surface area (TPSA) is 56.8 Å². The maximum Gasteiger partial charge on any atom is 0.154 e. The number of aromatic amines is 1. The lowest BCUT2D eigenvalue weighted by Crippen LogP contribution is -2.32. The molecule has 1 saturated heterocycles. The number of aromatic nitrogens is 3. The summed E-state index contributed by atoms with van der Waals surface area (Å²) in [6.45, 7) is 1.71. The molecule has 1 fully saturated rings. The van der Waals surface area contributed by atoms with E-state index in [9.17, 15) is 0 Å². The van der Waals surface area contributed by atoms with Crippen molar-refractivity contribution >= 4 is 39.4 Å². The first kappa shape index (κ1) is 20.5. The van der Waals surface area contributed by atoms with Gasteiger partial charge in [0.15, 0.2) is 5.82 Å². The summed E-state index contributed by atoms with van der Waals surface area (Å²) in [6.07, 6.45) is 6.20. The van der Waals surface area contributed by atoms with Crippen LogP contribution in [-0.4, -0.2) is 30.3 Å². The summed E-state index contributed by atoms with van der Waals surface area (Å²) in [5.41, 5.74) is 5.90. The normalized spacial score (nSPS) is 19.1. The number of nitrogens with one attached hydrogen (secondary N) is 2. The molecule has 0 saturated carbocycles. The summed E-state index contributed by atoms with van der Waals surface area (Å²) >= 11 is 2.53. The van der Waals surface area contributed by atoms with E-state index in [-0.39, 0.29) is 0 Å². The third kappa shape index (κ3) is 4.32. The third-order valence-corrected chi connectivity index (χ3v) is 7.20. The number of anilines is 1. The molecule has 0 radical (unpaired) electrons. The zero-order valence-corrected chi connectivity index (χ0v) is 19.5. The second-order valence-corrected chi connectivity index (χ2v) is 8.97. The fourth-order valence-electron chi connectivity index (χ4n) is 4.60. The SMILES string of the molecule is ICC1CCC(c2c[nH]c3c(NCc4ccccc4)ncnc23)N1Cc1ccccc1. The van der Waals surface area contributed by atoms with E-state index in [1.165, 1.54) is 23.1 Å². The molecule has 2 unspecified atom stereocenters. The fraction of sp³-hybridized carbons (Fsp3) is 0.280. The van der Waals surface area contributed by atoms with Gasteiger partial charge in [-0.2, -0.15) is 0 Å². The molecule has 5 nitrogen and oxygen atoms in total. The molecule has 0 aliphatic carbocycles. The first-order valence-corrected chi connectivity index (χ1v) is 12.3. The molecule has 2 aromatic heterocycles. The molecule has 0 spiro atoms. The summed E-state index contributed by atoms with van der Waals surface area (Å²) in [7, 11) is 0. The fourth-order valence-corrected chi connectivity index (χ4v) is 5.55. The average molecular weight is 523 g/mol. The van der Waals surface area contributed by atoms with Gasteiger partial charge in [0, 0.05) is 41.4 Å². The first-order valence-electron chi connectivity index (χ1n) is 10.8. The maximum atomic E-state index is 4.68. The Morgan fingerprint density at radius 1 is 0.968 bits per heavy atom. The van der Waals surface area contributed by atoms with E-state index in [1.54, 1.807) is 6.33 Å². The van der Waals surface area contributed by atoms with Gasteiger partial charge in [0.05, 0.1) is 5.52 Å². The standard InChI is InChI=1S/C25H26IN5/c26-13-20-11-12-22(31(20)16-19-9-5-2-6-10-19)21-15-27-24-23(21)29-17-30-25(24)28-14-18-7-3-1-4-8-18/h1-10,15,17,20,22,27H,11-14,16H2,(H,28,29,30). The Bertz CT molecular complexity index is 1130. The summed E-state index contributed by atoms with van der Waals surface area (Å²) in [4.78, 5) is 15.3. The quantitative estimate of drug-likeness (QED) is 0.241. The third-order valence-electron chi connectivity index (χ3n) is 6.18. The minimum Gasteiger partial charge on any atom is -0.364 e. The van der Waals surface area contributed by atoms with Crippen LogP contribution in [0.2, 0.25) is 0 Å². The van der Waals surface area contributed by atoms with Crippen LogP contribution in [0.15, 0.2) is 73.2 Å². The summed E-state index contributed by atoms with van der Waals surface area (Å²) < 4.78 is 1.14. The van der Waals surface area contributed by atoms with Gasteiger partial charge < -0.3 is 10.3 Å². The van der Waals surface area contributed by atoms with Crippen molar-refractivity contribution in [2.45, 2.75) is 38.0 Å². The van der Waals surface area contributed by atoms with Crippen LogP contribution in [0.5, 0.6) is 0 Å². The van der Waals surface area contributed by atoms with Gasteiger partial charge in [-0.15, -0.1) is 0 Å². The highest BCUT2D eigenvalue weighted by Gasteiger charge is 2.35. The number of alkyl halides is 1. The number of hydrogen-bond donors (Lipinski definition) is 2. The van der Waals surface area contributed by atoms with Gasteiger partial charge >= 0.3 is 0 Å². The van der Waals surface area contributed by atoms with Crippen molar-refractivity contribution in [1.29, 1.82) is 0 Å². The smallest absolute Gasteiger partial charge is 0.154 e. The minimum atomic E-state index is 0.366. The number of fused-ring (bicyclic) bond motifs is 1. The Morgan fingerprint density at radius 2 is 1.71 bits per heavy atom. The van der Waals surface area contributed by atoms with Crippen LogP contribution in [0.1, 0.15) is 35.6 Å². The Kier molecular flexibility index (Phi) is 6.18. The van der Waals surface area contributed by atoms with E-state index in [0.717, 1.165) is 40.8 Å². The van der Waals surface area contributed by atoms with Crippen molar-refractivity contribution < 1.29 is 0 Å². The van der Waals surface area contributed by atoms with Gasteiger partial charge in [-0.25, -0.2) is 9.97 Å². The number of H-pyrrole nitrogens is 1. The summed E-state index contributed by atoms with van der Waals surface area (Å²) in [5, 5.41) is 3.48. The zero-order chi connectivity index (χ0) is 21.0. The van der Waals surface area contributed by atoms with Crippen molar-refractivity contribution in [3.8, 4) is 0 Å². The van der Waals surface area contributed by atoms with Gasteiger partial charge in [-0.3, -0.25) is 4.90 Å². The van der Waals surface area contributed by atoms with Crippen LogP contribution < -0.4 is 5.32 Å². The van der Waals surface area contributed by atoms with Crippen molar-refractivity contribution in [1.82, 2.24) is 19.9 Å². The van der Waals surface area contributed by atoms with E-state index in [0.29, 0.717) is 12.1 Å². The summed E-state index contributed by atoms with van der Waals surface area (Å²) in [6, 6.07) is 22.1. The molecular weight excluding hydrogens is 497 g/mol. The van der Waals surface area contributed by atoms with Gasteiger partial charge in [0.2, 0.25) is 0 Å². The van der Waals surface area contributed by atoms with Gasteiger partial charge in [-0.1, -0.05) is 83.3 Å². The van der Waals surface area contributed by atoms with E-state index >= 15 is 0 Å². The van der Waals surface area contributed by atoms with Crippen LogP contribution in [-0.2, 0) is 13.1 Å².